The number of carbonyl (C=O) groups is 1. The molecule has 3 aromatic rings. The Labute approximate surface area is 187 Å². The Morgan fingerprint density at radius 1 is 1.39 bits per heavy atom. The molecule has 2 heterocycles. The molecular formula is C20H21ClFN7OS. The van der Waals surface area contributed by atoms with E-state index in [1.54, 1.807) is 25.2 Å². The van der Waals surface area contributed by atoms with Gasteiger partial charge in [-0.15, -0.1) is 3.89 Å². The third-order valence-electron chi connectivity index (χ3n) is 5.37. The number of nitrogens with zero attached hydrogens (tertiary/aromatic N) is 3. The molecular weight excluding hydrogens is 441 g/mol. The van der Waals surface area contributed by atoms with E-state index in [1.165, 1.54) is 12.4 Å². The highest BCUT2D eigenvalue weighted by Gasteiger charge is 2.26. The quantitative estimate of drug-likeness (QED) is 0.416. The summed E-state index contributed by atoms with van der Waals surface area (Å²) in [5, 5.41) is 15.1. The van der Waals surface area contributed by atoms with E-state index >= 15 is 0 Å². The Morgan fingerprint density at radius 3 is 2.87 bits per heavy atom. The molecule has 1 aromatic carbocycles. The number of amides is 1. The fraction of sp³-hybridized carbons (Fsp3) is 0.300. The van der Waals surface area contributed by atoms with Crippen molar-refractivity contribution in [1.82, 2.24) is 19.3 Å². The maximum atomic E-state index is 13.4. The zero-order valence-electron chi connectivity index (χ0n) is 16.7. The summed E-state index contributed by atoms with van der Waals surface area (Å²) in [4.78, 5) is 21.7. The van der Waals surface area contributed by atoms with Gasteiger partial charge in [-0.25, -0.2) is 13.9 Å². The van der Waals surface area contributed by atoms with Crippen molar-refractivity contribution in [3.05, 3.63) is 52.4 Å². The maximum Gasteiger partial charge on any atom is 0.255 e. The Kier molecular flexibility index (Phi) is 6.12. The number of hydrogen-bond donors (Lipinski definition) is 4. The molecule has 1 saturated carbocycles. The van der Waals surface area contributed by atoms with Gasteiger partial charge in [0.05, 0.1) is 17.5 Å². The lowest BCUT2D eigenvalue weighted by molar-refractivity contribution is 0.0939. The summed E-state index contributed by atoms with van der Waals surface area (Å²) >= 11 is 5.98. The number of carbonyl (C=O) groups excluding carboxylic acids is 1. The van der Waals surface area contributed by atoms with Crippen LogP contribution in [0, 0.1) is 5.41 Å². The van der Waals surface area contributed by atoms with Gasteiger partial charge < -0.3 is 16.4 Å². The summed E-state index contributed by atoms with van der Waals surface area (Å²) in [6, 6.07) is 5.14. The monoisotopic (exact) mass is 461 g/mol. The molecule has 5 N–H and O–H groups in total. The van der Waals surface area contributed by atoms with Gasteiger partial charge in [-0.2, -0.15) is 0 Å². The number of benzene rings is 1. The fourth-order valence-electron chi connectivity index (χ4n) is 3.79. The third-order valence-corrected chi connectivity index (χ3v) is 6.03. The van der Waals surface area contributed by atoms with Crippen molar-refractivity contribution >= 4 is 52.4 Å². The van der Waals surface area contributed by atoms with E-state index in [0.29, 0.717) is 22.7 Å². The van der Waals surface area contributed by atoms with Crippen molar-refractivity contribution in [3.63, 3.8) is 0 Å². The first-order valence-corrected chi connectivity index (χ1v) is 10.8. The van der Waals surface area contributed by atoms with Gasteiger partial charge in [0.25, 0.3) is 5.91 Å². The molecule has 0 radical (unpaired) electrons. The maximum absolute atomic E-state index is 13.4. The number of halogens is 2. The van der Waals surface area contributed by atoms with E-state index in [1.807, 2.05) is 0 Å². The van der Waals surface area contributed by atoms with E-state index in [9.17, 15) is 8.68 Å². The number of nitrogens with two attached hydrogens (primary N) is 1. The molecule has 11 heteroatoms. The normalized spacial score (nSPS) is 18.3. The molecule has 1 fully saturated rings. The van der Waals surface area contributed by atoms with Gasteiger partial charge >= 0.3 is 0 Å². The highest BCUT2D eigenvalue weighted by atomic mass is 35.5. The molecule has 2 atom stereocenters. The third kappa shape index (κ3) is 4.23. The summed E-state index contributed by atoms with van der Waals surface area (Å²) in [6.07, 6.45) is 5.11. The molecule has 0 spiro atoms. The van der Waals surface area contributed by atoms with Crippen molar-refractivity contribution in [1.29, 1.82) is 5.41 Å². The van der Waals surface area contributed by atoms with E-state index in [0.717, 1.165) is 16.8 Å². The Bertz CT molecular complexity index is 1170. The number of anilines is 1. The second-order valence-electron chi connectivity index (χ2n) is 7.42. The SMILES string of the molecule is CNc1cc(Cl)ccc1C(=N)c1cnc2c(n1)c(C(=O)NC1CCC(N)C1)cn2SF. The summed E-state index contributed by atoms with van der Waals surface area (Å²) in [5.74, 6) is -0.364. The van der Waals surface area contributed by atoms with E-state index in [-0.39, 0.29) is 58.5 Å². The molecule has 2 unspecified atom stereocenters. The zero-order valence-corrected chi connectivity index (χ0v) is 18.2. The van der Waals surface area contributed by atoms with Crippen molar-refractivity contribution in [2.75, 3.05) is 12.4 Å². The minimum Gasteiger partial charge on any atom is -0.388 e. The molecule has 0 bridgehead atoms. The predicted molar refractivity (Wildman–Crippen MR) is 122 cm³/mol. The van der Waals surface area contributed by atoms with Crippen LogP contribution in [-0.2, 0) is 0 Å². The molecule has 31 heavy (non-hydrogen) atoms. The minimum atomic E-state index is -0.364. The summed E-state index contributed by atoms with van der Waals surface area (Å²) in [6.45, 7) is 0. The molecule has 0 aliphatic heterocycles. The standard InChI is InChI=1S/C20H21ClFN7OS/c1-25-15-6-10(21)2-5-13(15)17(24)16-8-26-19-18(28-16)14(9-29(19)31-22)20(30)27-12-4-3-11(23)7-12/h2,5-6,8-9,11-12,24-25H,3-4,7,23H2,1H3,(H,27,30). The fourth-order valence-corrected chi connectivity index (χ4v) is 4.31. The molecule has 1 amide bonds. The van der Waals surface area contributed by atoms with Crippen LogP contribution < -0.4 is 16.4 Å². The minimum absolute atomic E-state index is 0.0272. The summed E-state index contributed by atoms with van der Waals surface area (Å²) in [7, 11) is 1.73. The van der Waals surface area contributed by atoms with E-state index in [2.05, 4.69) is 20.6 Å². The first-order valence-electron chi connectivity index (χ1n) is 9.71. The highest BCUT2D eigenvalue weighted by molar-refractivity contribution is 7.92. The average Bonchev–Trinajstić information content (AvgIpc) is 3.35. The number of fused-ring (bicyclic) bond motifs is 1. The predicted octanol–water partition coefficient (Wildman–Crippen LogP) is 3.53. The van der Waals surface area contributed by atoms with E-state index < -0.39 is 0 Å². The summed E-state index contributed by atoms with van der Waals surface area (Å²) in [5.41, 5.74) is 8.16. The largest absolute Gasteiger partial charge is 0.388 e. The Hall–Kier alpha value is -2.69. The Balaban J connectivity index is 1.72. The highest BCUT2D eigenvalue weighted by Crippen LogP contribution is 2.27. The van der Waals surface area contributed by atoms with Crippen LogP contribution in [0.5, 0.6) is 0 Å². The van der Waals surface area contributed by atoms with Crippen molar-refractivity contribution in [2.24, 2.45) is 5.73 Å². The summed E-state index contributed by atoms with van der Waals surface area (Å²) < 4.78 is 14.6. The molecule has 2 aromatic heterocycles. The van der Waals surface area contributed by atoms with Crippen LogP contribution in [0.3, 0.4) is 0 Å². The number of hydrogen-bond acceptors (Lipinski definition) is 7. The lowest BCUT2D eigenvalue weighted by Gasteiger charge is -2.12. The van der Waals surface area contributed by atoms with Gasteiger partial charge in [0.2, 0.25) is 0 Å². The molecule has 1 aliphatic carbocycles. The molecule has 1 aliphatic rings. The van der Waals surface area contributed by atoms with Gasteiger partial charge in [0, 0.05) is 41.6 Å². The first kappa shape index (κ1) is 21.5. The van der Waals surface area contributed by atoms with Gasteiger partial charge in [0.15, 0.2) is 18.0 Å². The van der Waals surface area contributed by atoms with Crippen LogP contribution in [0.2, 0.25) is 5.02 Å². The van der Waals surface area contributed by atoms with Crippen LogP contribution in [0.25, 0.3) is 11.2 Å². The number of aromatic nitrogens is 3. The lowest BCUT2D eigenvalue weighted by Crippen LogP contribution is -2.34. The zero-order chi connectivity index (χ0) is 22.1. The van der Waals surface area contributed by atoms with Crippen molar-refractivity contribution in [3.8, 4) is 0 Å². The van der Waals surface area contributed by atoms with Crippen molar-refractivity contribution in [2.45, 2.75) is 31.3 Å². The van der Waals surface area contributed by atoms with Gasteiger partial charge in [-0.05, 0) is 37.5 Å². The average molecular weight is 462 g/mol. The second-order valence-corrected chi connectivity index (χ2v) is 8.39. The van der Waals surface area contributed by atoms with E-state index in [4.69, 9.17) is 22.7 Å². The Morgan fingerprint density at radius 2 is 2.19 bits per heavy atom. The molecule has 4 rings (SSSR count). The topological polar surface area (TPSA) is 122 Å². The van der Waals surface area contributed by atoms with Crippen LogP contribution in [0.4, 0.5) is 9.57 Å². The molecule has 8 nitrogen and oxygen atoms in total. The van der Waals surface area contributed by atoms with Gasteiger partial charge in [-0.1, -0.05) is 11.6 Å². The number of nitrogens with one attached hydrogen (secondary N) is 3. The van der Waals surface area contributed by atoms with Crippen LogP contribution >= 0.6 is 23.9 Å². The smallest absolute Gasteiger partial charge is 0.255 e. The van der Waals surface area contributed by atoms with Crippen LogP contribution in [0.15, 0.2) is 30.6 Å². The second kappa shape index (κ2) is 8.81. The van der Waals surface area contributed by atoms with Crippen LogP contribution in [0.1, 0.15) is 40.9 Å². The molecule has 162 valence electrons. The lowest BCUT2D eigenvalue weighted by atomic mass is 10.1. The van der Waals surface area contributed by atoms with Crippen LogP contribution in [-0.4, -0.2) is 44.7 Å². The number of rotatable bonds is 6. The van der Waals surface area contributed by atoms with Gasteiger partial charge in [-0.3, -0.25) is 10.2 Å². The molecule has 0 saturated heterocycles. The van der Waals surface area contributed by atoms with Crippen molar-refractivity contribution < 1.29 is 8.68 Å². The first-order chi connectivity index (χ1) is 14.9. The van der Waals surface area contributed by atoms with Gasteiger partial charge in [0.1, 0.15) is 11.2 Å².